The van der Waals surface area contributed by atoms with Gasteiger partial charge in [-0.3, -0.25) is 4.79 Å². The molecule has 0 aliphatic carbocycles. The molecule has 1 aliphatic rings. The van der Waals surface area contributed by atoms with Crippen LogP contribution < -0.4 is 10.6 Å². The summed E-state index contributed by atoms with van der Waals surface area (Å²) in [6.07, 6.45) is 3.33. The Hall–Kier alpha value is -1.56. The zero-order chi connectivity index (χ0) is 12.5. The quantitative estimate of drug-likeness (QED) is 0.705. The fraction of sp³-hybridized carbons (Fsp3) is 0.636. The monoisotopic (exact) mass is 242 g/mol. The van der Waals surface area contributed by atoms with Crippen LogP contribution in [0.25, 0.3) is 0 Å². The minimum absolute atomic E-state index is 0.119. The Morgan fingerprint density at radius 2 is 2.12 bits per heavy atom. The summed E-state index contributed by atoms with van der Waals surface area (Å²) >= 11 is 0. The summed E-state index contributed by atoms with van der Waals surface area (Å²) in [6.45, 7) is 3.29. The van der Waals surface area contributed by atoms with Crippen molar-refractivity contribution in [2.45, 2.75) is 19.8 Å². The third-order valence-corrected chi connectivity index (χ3v) is 2.24. The van der Waals surface area contributed by atoms with Gasteiger partial charge in [-0.1, -0.05) is 0 Å². The van der Waals surface area contributed by atoms with Gasteiger partial charge in [0.25, 0.3) is 0 Å². The highest BCUT2D eigenvalue weighted by molar-refractivity contribution is 5.81. The van der Waals surface area contributed by atoms with Gasteiger partial charge in [-0.25, -0.2) is 4.79 Å². The van der Waals surface area contributed by atoms with E-state index >= 15 is 0 Å². The lowest BCUT2D eigenvalue weighted by atomic mass is 10.1. The van der Waals surface area contributed by atoms with Crippen LogP contribution in [0.3, 0.4) is 0 Å². The number of rotatable bonds is 4. The number of carbonyl (C=O) groups is 2. The predicted octanol–water partition coefficient (Wildman–Crippen LogP) is 0.543. The Balaban J connectivity index is 2.18. The molecule has 1 saturated heterocycles. The molecule has 0 radical (unpaired) electrons. The second-order valence-electron chi connectivity index (χ2n) is 3.55. The number of nitrogens with one attached hydrogen (secondary N) is 2. The molecular formula is C11H18N2O4. The van der Waals surface area contributed by atoms with Crippen molar-refractivity contribution in [3.05, 3.63) is 11.8 Å². The van der Waals surface area contributed by atoms with Crippen LogP contribution in [0.1, 0.15) is 19.8 Å². The van der Waals surface area contributed by atoms with Crippen molar-refractivity contribution >= 4 is 12.0 Å². The van der Waals surface area contributed by atoms with E-state index < -0.39 is 12.0 Å². The van der Waals surface area contributed by atoms with E-state index in [1.165, 1.54) is 0 Å². The minimum atomic E-state index is -0.443. The third-order valence-electron chi connectivity index (χ3n) is 2.24. The molecule has 6 nitrogen and oxygen atoms in total. The number of hydrogen-bond acceptors (Lipinski definition) is 4. The lowest BCUT2D eigenvalue weighted by Crippen LogP contribution is -2.36. The fourth-order valence-corrected chi connectivity index (χ4v) is 1.36. The van der Waals surface area contributed by atoms with Gasteiger partial charge in [0.05, 0.1) is 19.8 Å². The zero-order valence-corrected chi connectivity index (χ0v) is 9.95. The molecular weight excluding hydrogens is 224 g/mol. The molecule has 1 fully saturated rings. The van der Waals surface area contributed by atoms with Crippen molar-refractivity contribution in [2.75, 3.05) is 26.4 Å². The summed E-state index contributed by atoms with van der Waals surface area (Å²) in [5, 5.41) is 4.98. The molecule has 0 saturated carbocycles. The second kappa shape index (κ2) is 7.67. The van der Waals surface area contributed by atoms with Crippen LogP contribution in [-0.2, 0) is 14.3 Å². The van der Waals surface area contributed by atoms with Gasteiger partial charge in [-0.05, 0) is 25.3 Å². The van der Waals surface area contributed by atoms with Crippen LogP contribution in [0.15, 0.2) is 11.8 Å². The summed E-state index contributed by atoms with van der Waals surface area (Å²) in [5.74, 6) is -0.443. The second-order valence-corrected chi connectivity index (χ2v) is 3.55. The van der Waals surface area contributed by atoms with E-state index in [4.69, 9.17) is 4.74 Å². The maximum Gasteiger partial charge on any atom is 0.325 e. The Labute approximate surface area is 100 Å². The number of esters is 1. The lowest BCUT2D eigenvalue weighted by Gasteiger charge is -2.14. The Bertz CT molecular complexity index is 294. The molecule has 0 unspecified atom stereocenters. The highest BCUT2D eigenvalue weighted by Gasteiger charge is 2.07. The molecule has 2 amide bonds. The van der Waals surface area contributed by atoms with Crippen LogP contribution in [0.5, 0.6) is 0 Å². The summed E-state index contributed by atoms with van der Waals surface area (Å²) in [5.41, 5.74) is 1.14. The Morgan fingerprint density at radius 1 is 1.41 bits per heavy atom. The molecule has 96 valence electrons. The fourth-order valence-electron chi connectivity index (χ4n) is 1.36. The lowest BCUT2D eigenvalue weighted by molar-refractivity contribution is -0.141. The van der Waals surface area contributed by atoms with Gasteiger partial charge >= 0.3 is 12.0 Å². The highest BCUT2D eigenvalue weighted by atomic mass is 16.5. The van der Waals surface area contributed by atoms with Crippen LogP contribution in [0.2, 0.25) is 0 Å². The molecule has 0 atom stereocenters. The highest BCUT2D eigenvalue weighted by Crippen LogP contribution is 2.11. The van der Waals surface area contributed by atoms with E-state index in [0.717, 1.165) is 18.4 Å². The van der Waals surface area contributed by atoms with E-state index in [1.807, 2.05) is 0 Å². The average Bonchev–Trinajstić information content (AvgIpc) is 2.35. The topological polar surface area (TPSA) is 76.7 Å². The third kappa shape index (κ3) is 5.91. The molecule has 1 heterocycles. The summed E-state index contributed by atoms with van der Waals surface area (Å²) in [6, 6.07) is -0.406. The summed E-state index contributed by atoms with van der Waals surface area (Å²) in [7, 11) is 0. The van der Waals surface area contributed by atoms with Crippen molar-refractivity contribution < 1.29 is 19.1 Å². The van der Waals surface area contributed by atoms with Crippen molar-refractivity contribution in [3.63, 3.8) is 0 Å². The first-order valence-corrected chi connectivity index (χ1v) is 5.68. The molecule has 0 spiro atoms. The first-order chi connectivity index (χ1) is 8.22. The van der Waals surface area contributed by atoms with E-state index in [1.54, 1.807) is 13.1 Å². The maximum atomic E-state index is 11.3. The average molecular weight is 242 g/mol. The number of amides is 2. The van der Waals surface area contributed by atoms with Crippen LogP contribution in [0.4, 0.5) is 4.79 Å². The van der Waals surface area contributed by atoms with Gasteiger partial charge in [0.2, 0.25) is 0 Å². The van der Waals surface area contributed by atoms with E-state index in [2.05, 4.69) is 15.4 Å². The summed E-state index contributed by atoms with van der Waals surface area (Å²) in [4.78, 5) is 22.2. The van der Waals surface area contributed by atoms with Gasteiger partial charge in [-0.15, -0.1) is 0 Å². The van der Waals surface area contributed by atoms with Gasteiger partial charge in [0.1, 0.15) is 6.54 Å². The number of carbonyl (C=O) groups excluding carboxylic acids is 2. The maximum absolute atomic E-state index is 11.3. The smallest absolute Gasteiger partial charge is 0.325 e. The van der Waals surface area contributed by atoms with Crippen molar-refractivity contribution in [2.24, 2.45) is 0 Å². The largest absolute Gasteiger partial charge is 0.465 e. The molecule has 0 aromatic rings. The molecule has 1 rings (SSSR count). The molecule has 17 heavy (non-hydrogen) atoms. The summed E-state index contributed by atoms with van der Waals surface area (Å²) < 4.78 is 9.86. The molecule has 0 bridgehead atoms. The number of ether oxygens (including phenoxy) is 2. The molecule has 0 aromatic carbocycles. The van der Waals surface area contributed by atoms with Crippen LogP contribution >= 0.6 is 0 Å². The predicted molar refractivity (Wildman–Crippen MR) is 61.3 cm³/mol. The first-order valence-electron chi connectivity index (χ1n) is 5.68. The molecule has 6 heteroatoms. The SMILES string of the molecule is CCOC(=O)CNC(=O)NC=C1CCOCC1. The van der Waals surface area contributed by atoms with E-state index in [0.29, 0.717) is 19.8 Å². The standard InChI is InChI=1S/C11H18N2O4/c1-2-17-10(14)8-13-11(15)12-7-9-3-5-16-6-4-9/h7H,2-6,8H2,1H3,(H2,12,13,15). The van der Waals surface area contributed by atoms with E-state index in [-0.39, 0.29) is 6.54 Å². The van der Waals surface area contributed by atoms with E-state index in [9.17, 15) is 9.59 Å². The Kier molecular flexibility index (Phi) is 6.09. The van der Waals surface area contributed by atoms with Gasteiger partial charge in [0, 0.05) is 6.20 Å². The van der Waals surface area contributed by atoms with Crippen LogP contribution in [-0.4, -0.2) is 38.4 Å². The molecule has 2 N–H and O–H groups in total. The zero-order valence-electron chi connectivity index (χ0n) is 9.95. The number of hydrogen-bond donors (Lipinski definition) is 2. The Morgan fingerprint density at radius 3 is 2.76 bits per heavy atom. The van der Waals surface area contributed by atoms with Gasteiger partial charge in [0.15, 0.2) is 0 Å². The van der Waals surface area contributed by atoms with Crippen molar-refractivity contribution in [3.8, 4) is 0 Å². The van der Waals surface area contributed by atoms with Gasteiger partial charge in [-0.2, -0.15) is 0 Å². The molecule has 1 aliphatic heterocycles. The van der Waals surface area contributed by atoms with Gasteiger partial charge < -0.3 is 20.1 Å². The van der Waals surface area contributed by atoms with Crippen molar-refractivity contribution in [1.29, 1.82) is 0 Å². The minimum Gasteiger partial charge on any atom is -0.465 e. The van der Waals surface area contributed by atoms with Crippen LogP contribution in [0, 0.1) is 0 Å². The number of urea groups is 1. The molecule has 0 aromatic heterocycles. The first kappa shape index (κ1) is 13.5. The normalized spacial score (nSPS) is 15.0. The van der Waals surface area contributed by atoms with Crippen molar-refractivity contribution in [1.82, 2.24) is 10.6 Å².